The first-order chi connectivity index (χ1) is 9.13. The van der Waals surface area contributed by atoms with Crippen molar-refractivity contribution in [3.63, 3.8) is 0 Å². The number of aromatic nitrogens is 2. The van der Waals surface area contributed by atoms with Crippen LogP contribution in [-0.4, -0.2) is 16.1 Å². The minimum absolute atomic E-state index is 0.0723. The molecule has 0 unspecified atom stereocenters. The minimum atomic E-state index is -0.669. The van der Waals surface area contributed by atoms with Crippen molar-refractivity contribution in [2.75, 3.05) is 5.32 Å². The summed E-state index contributed by atoms with van der Waals surface area (Å²) in [5.74, 6) is 0.0723. The molecule has 0 radical (unpaired) electrons. The van der Waals surface area contributed by atoms with Gasteiger partial charge in [-0.3, -0.25) is 15.1 Å². The minimum Gasteiger partial charge on any atom is -0.444 e. The maximum atomic E-state index is 11.5. The van der Waals surface area contributed by atoms with Gasteiger partial charge in [-0.25, -0.2) is 9.78 Å². The van der Waals surface area contributed by atoms with Crippen LogP contribution >= 0.6 is 0 Å². The Bertz CT molecular complexity index is 623. The molecule has 2 N–H and O–H groups in total. The van der Waals surface area contributed by atoms with Gasteiger partial charge in [-0.2, -0.15) is 0 Å². The van der Waals surface area contributed by atoms with E-state index in [9.17, 15) is 9.59 Å². The van der Waals surface area contributed by atoms with Gasteiger partial charge in [0.2, 0.25) is 5.95 Å². The lowest BCUT2D eigenvalue weighted by atomic mass is 10.2. The van der Waals surface area contributed by atoms with E-state index in [1.807, 2.05) is 30.3 Å². The molecule has 1 amide bonds. The van der Waals surface area contributed by atoms with Crippen LogP contribution in [-0.2, 0) is 11.3 Å². The van der Waals surface area contributed by atoms with Crippen LogP contribution in [0.5, 0.6) is 0 Å². The molecule has 0 fully saturated rings. The molecule has 1 aromatic carbocycles. The van der Waals surface area contributed by atoms with Crippen LogP contribution in [0.4, 0.5) is 10.7 Å². The summed E-state index contributed by atoms with van der Waals surface area (Å²) < 4.78 is 5.00. The van der Waals surface area contributed by atoms with E-state index in [4.69, 9.17) is 4.74 Å². The Labute approximate surface area is 109 Å². The monoisotopic (exact) mass is 259 g/mol. The maximum Gasteiger partial charge on any atom is 0.414 e. The quantitative estimate of drug-likeness (QED) is 0.880. The van der Waals surface area contributed by atoms with E-state index in [0.29, 0.717) is 5.69 Å². The fourth-order valence-corrected chi connectivity index (χ4v) is 1.49. The SMILES string of the molecule is Cc1cc(=O)[nH]c(NC(=O)OCc2ccccc2)n1. The number of hydrogen-bond acceptors (Lipinski definition) is 4. The predicted octanol–water partition coefficient (Wildman–Crippen LogP) is 1.83. The van der Waals surface area contributed by atoms with E-state index in [1.165, 1.54) is 6.07 Å². The first kappa shape index (κ1) is 12.8. The summed E-state index contributed by atoms with van der Waals surface area (Å²) >= 11 is 0. The summed E-state index contributed by atoms with van der Waals surface area (Å²) in [6.45, 7) is 1.82. The van der Waals surface area contributed by atoms with Crippen LogP contribution in [0.3, 0.4) is 0 Å². The first-order valence-corrected chi connectivity index (χ1v) is 5.69. The molecule has 0 aliphatic rings. The van der Waals surface area contributed by atoms with Gasteiger partial charge in [-0.15, -0.1) is 0 Å². The number of nitrogens with zero attached hydrogens (tertiary/aromatic N) is 1. The second kappa shape index (κ2) is 5.81. The molecule has 1 heterocycles. The molecule has 6 nitrogen and oxygen atoms in total. The average Bonchev–Trinajstić information content (AvgIpc) is 2.36. The molecule has 0 aliphatic carbocycles. The highest BCUT2D eigenvalue weighted by molar-refractivity contribution is 5.82. The number of nitrogens with one attached hydrogen (secondary N) is 2. The zero-order valence-electron chi connectivity index (χ0n) is 10.3. The van der Waals surface area contributed by atoms with E-state index < -0.39 is 6.09 Å². The Balaban J connectivity index is 1.92. The molecule has 1 aromatic heterocycles. The number of ether oxygens (including phenoxy) is 1. The molecule has 0 saturated carbocycles. The summed E-state index contributed by atoms with van der Waals surface area (Å²) in [5, 5.41) is 2.37. The van der Waals surface area contributed by atoms with Crippen molar-refractivity contribution in [3.8, 4) is 0 Å². The third-order valence-electron chi connectivity index (χ3n) is 2.30. The molecule has 6 heteroatoms. The van der Waals surface area contributed by atoms with Gasteiger partial charge in [-0.05, 0) is 12.5 Å². The van der Waals surface area contributed by atoms with Crippen molar-refractivity contribution in [3.05, 3.63) is 58.0 Å². The van der Waals surface area contributed by atoms with Crippen molar-refractivity contribution in [2.24, 2.45) is 0 Å². The second-order valence-electron chi connectivity index (χ2n) is 3.92. The van der Waals surface area contributed by atoms with Crippen molar-refractivity contribution in [2.45, 2.75) is 13.5 Å². The summed E-state index contributed by atoms with van der Waals surface area (Å²) in [4.78, 5) is 29.1. The van der Waals surface area contributed by atoms with E-state index >= 15 is 0 Å². The standard InChI is InChI=1S/C13H13N3O3/c1-9-7-11(17)15-12(14-9)16-13(18)19-8-10-5-3-2-4-6-10/h2-7H,8H2,1H3,(H2,14,15,16,17,18). The lowest BCUT2D eigenvalue weighted by Crippen LogP contribution is -2.19. The van der Waals surface area contributed by atoms with Crippen LogP contribution in [0.2, 0.25) is 0 Å². The molecule has 0 atom stereocenters. The van der Waals surface area contributed by atoms with Crippen molar-refractivity contribution >= 4 is 12.0 Å². The summed E-state index contributed by atoms with van der Waals surface area (Å²) in [7, 11) is 0. The fourth-order valence-electron chi connectivity index (χ4n) is 1.49. The largest absolute Gasteiger partial charge is 0.444 e. The zero-order valence-corrected chi connectivity index (χ0v) is 10.3. The Morgan fingerprint density at radius 1 is 1.37 bits per heavy atom. The molecule has 19 heavy (non-hydrogen) atoms. The van der Waals surface area contributed by atoms with Crippen molar-refractivity contribution < 1.29 is 9.53 Å². The molecule has 98 valence electrons. The smallest absolute Gasteiger partial charge is 0.414 e. The Morgan fingerprint density at radius 2 is 2.11 bits per heavy atom. The van der Waals surface area contributed by atoms with E-state index in [2.05, 4.69) is 15.3 Å². The number of rotatable bonds is 3. The third-order valence-corrected chi connectivity index (χ3v) is 2.30. The van der Waals surface area contributed by atoms with Gasteiger partial charge in [0.05, 0.1) is 0 Å². The maximum absolute atomic E-state index is 11.5. The van der Waals surface area contributed by atoms with E-state index in [-0.39, 0.29) is 18.1 Å². The van der Waals surface area contributed by atoms with Crippen LogP contribution in [0.25, 0.3) is 0 Å². The number of hydrogen-bond donors (Lipinski definition) is 2. The highest BCUT2D eigenvalue weighted by Gasteiger charge is 2.06. The predicted molar refractivity (Wildman–Crippen MR) is 69.8 cm³/mol. The molecule has 0 spiro atoms. The molecular formula is C13H13N3O3. The second-order valence-corrected chi connectivity index (χ2v) is 3.92. The van der Waals surface area contributed by atoms with Gasteiger partial charge in [0.25, 0.3) is 5.56 Å². The lowest BCUT2D eigenvalue weighted by molar-refractivity contribution is 0.155. The number of carbonyl (C=O) groups is 1. The number of carbonyl (C=O) groups excluding carboxylic acids is 1. The Kier molecular flexibility index (Phi) is 3.92. The Hall–Kier alpha value is -2.63. The first-order valence-electron chi connectivity index (χ1n) is 5.69. The topological polar surface area (TPSA) is 84.1 Å². The van der Waals surface area contributed by atoms with Gasteiger partial charge in [-0.1, -0.05) is 30.3 Å². The molecule has 2 aromatic rings. The third kappa shape index (κ3) is 3.95. The number of benzene rings is 1. The van der Waals surface area contributed by atoms with Crippen LogP contribution < -0.4 is 10.9 Å². The van der Waals surface area contributed by atoms with Crippen molar-refractivity contribution in [1.29, 1.82) is 0 Å². The molecule has 0 bridgehead atoms. The number of aromatic amines is 1. The van der Waals surface area contributed by atoms with Crippen LogP contribution in [0, 0.1) is 6.92 Å². The Morgan fingerprint density at radius 3 is 2.79 bits per heavy atom. The summed E-state index contributed by atoms with van der Waals surface area (Å²) in [6.07, 6.45) is -0.669. The number of anilines is 1. The number of aryl methyl sites for hydroxylation is 1. The van der Waals surface area contributed by atoms with E-state index in [1.54, 1.807) is 6.92 Å². The van der Waals surface area contributed by atoms with Crippen LogP contribution in [0.1, 0.15) is 11.3 Å². The van der Waals surface area contributed by atoms with Gasteiger partial charge in [0.1, 0.15) is 6.61 Å². The molecular weight excluding hydrogens is 246 g/mol. The molecule has 0 aliphatic heterocycles. The lowest BCUT2D eigenvalue weighted by Gasteiger charge is -2.06. The van der Waals surface area contributed by atoms with Crippen LogP contribution in [0.15, 0.2) is 41.2 Å². The van der Waals surface area contributed by atoms with Gasteiger partial charge >= 0.3 is 6.09 Å². The normalized spacial score (nSPS) is 9.95. The van der Waals surface area contributed by atoms with E-state index in [0.717, 1.165) is 5.56 Å². The van der Waals surface area contributed by atoms with Gasteiger partial charge in [0, 0.05) is 11.8 Å². The molecule has 2 rings (SSSR count). The number of amides is 1. The highest BCUT2D eigenvalue weighted by atomic mass is 16.5. The zero-order chi connectivity index (χ0) is 13.7. The fraction of sp³-hybridized carbons (Fsp3) is 0.154. The van der Waals surface area contributed by atoms with Crippen molar-refractivity contribution in [1.82, 2.24) is 9.97 Å². The highest BCUT2D eigenvalue weighted by Crippen LogP contribution is 2.02. The molecule has 0 saturated heterocycles. The number of H-pyrrole nitrogens is 1. The average molecular weight is 259 g/mol. The van der Waals surface area contributed by atoms with Gasteiger partial charge in [0.15, 0.2) is 0 Å². The summed E-state index contributed by atoms with van der Waals surface area (Å²) in [5.41, 5.74) is 1.07. The van der Waals surface area contributed by atoms with Gasteiger partial charge < -0.3 is 4.74 Å². The summed E-state index contributed by atoms with van der Waals surface area (Å²) in [6, 6.07) is 10.6.